The quantitative estimate of drug-likeness (QED) is 0.457. The predicted molar refractivity (Wildman–Crippen MR) is 105 cm³/mol. The average molecular weight is 347 g/mol. The van der Waals surface area contributed by atoms with Crippen LogP contribution >= 0.6 is 0 Å². The van der Waals surface area contributed by atoms with Gasteiger partial charge in [0, 0.05) is 11.8 Å². The Morgan fingerprint density at radius 1 is 0.962 bits per heavy atom. The maximum atomic E-state index is 11.7. The highest BCUT2D eigenvalue weighted by Gasteiger charge is 2.07. The Balaban J connectivity index is 1.92. The van der Waals surface area contributed by atoms with Crippen molar-refractivity contribution < 1.29 is 14.3 Å². The van der Waals surface area contributed by atoms with E-state index in [0.29, 0.717) is 18.8 Å². The van der Waals surface area contributed by atoms with Crippen molar-refractivity contribution in [1.29, 1.82) is 0 Å². The molecule has 0 aliphatic heterocycles. The van der Waals surface area contributed by atoms with E-state index in [2.05, 4.69) is 17.1 Å². The van der Waals surface area contributed by atoms with Crippen LogP contribution in [0.2, 0.25) is 0 Å². The van der Waals surface area contributed by atoms with E-state index in [-0.39, 0.29) is 5.97 Å². The van der Waals surface area contributed by atoms with Crippen LogP contribution in [-0.4, -0.2) is 25.4 Å². The Morgan fingerprint density at radius 3 is 2.46 bits per heavy atom. The Kier molecular flexibility index (Phi) is 5.64. The smallest absolute Gasteiger partial charge is 0.338 e. The third-order valence-corrected chi connectivity index (χ3v) is 3.95. The van der Waals surface area contributed by atoms with Gasteiger partial charge in [-0.05, 0) is 55.0 Å². The van der Waals surface area contributed by atoms with Crippen LogP contribution in [0.25, 0.3) is 10.8 Å². The zero-order valence-electron chi connectivity index (χ0n) is 14.9. The molecular weight excluding hydrogens is 326 g/mol. The van der Waals surface area contributed by atoms with Gasteiger partial charge < -0.3 is 9.47 Å². The summed E-state index contributed by atoms with van der Waals surface area (Å²) < 4.78 is 10.8. The molecule has 0 amide bonds. The van der Waals surface area contributed by atoms with E-state index in [0.717, 1.165) is 27.8 Å². The summed E-state index contributed by atoms with van der Waals surface area (Å²) in [6.07, 6.45) is 1.81. The van der Waals surface area contributed by atoms with Crippen LogP contribution in [0.4, 0.5) is 5.69 Å². The van der Waals surface area contributed by atoms with Crippen molar-refractivity contribution in [2.45, 2.75) is 13.8 Å². The average Bonchev–Trinajstić information content (AvgIpc) is 2.68. The highest BCUT2D eigenvalue weighted by Crippen LogP contribution is 2.27. The molecular formula is C22H21NO3. The molecule has 0 aliphatic rings. The van der Waals surface area contributed by atoms with E-state index in [9.17, 15) is 4.79 Å². The third-order valence-electron chi connectivity index (χ3n) is 3.95. The highest BCUT2D eigenvalue weighted by atomic mass is 16.5. The fourth-order valence-corrected chi connectivity index (χ4v) is 2.73. The first-order valence-corrected chi connectivity index (χ1v) is 8.68. The number of ether oxygens (including phenoxy) is 2. The molecule has 4 nitrogen and oxygen atoms in total. The minimum absolute atomic E-state index is 0.323. The van der Waals surface area contributed by atoms with Gasteiger partial charge in [0.1, 0.15) is 5.75 Å². The highest BCUT2D eigenvalue weighted by molar-refractivity contribution is 6.03. The fraction of sp³-hybridized carbons (Fsp3) is 0.182. The van der Waals surface area contributed by atoms with Gasteiger partial charge in [-0.25, -0.2) is 4.79 Å². The number of hydrogen-bond acceptors (Lipinski definition) is 4. The molecule has 0 bridgehead atoms. The molecule has 4 heteroatoms. The second-order valence-electron chi connectivity index (χ2n) is 5.66. The number of fused-ring (bicyclic) bond motifs is 1. The van der Waals surface area contributed by atoms with E-state index in [1.807, 2.05) is 37.4 Å². The van der Waals surface area contributed by atoms with Gasteiger partial charge in [-0.15, -0.1) is 0 Å². The van der Waals surface area contributed by atoms with Crippen molar-refractivity contribution in [3.63, 3.8) is 0 Å². The summed E-state index contributed by atoms with van der Waals surface area (Å²) in [6.45, 7) is 4.70. The minimum atomic E-state index is -0.323. The van der Waals surface area contributed by atoms with Gasteiger partial charge in [0.25, 0.3) is 0 Å². The predicted octanol–water partition coefficient (Wildman–Crippen LogP) is 5.17. The largest absolute Gasteiger partial charge is 0.493 e. The second kappa shape index (κ2) is 8.30. The first-order valence-electron chi connectivity index (χ1n) is 8.68. The number of carbonyl (C=O) groups excluding carboxylic acids is 1. The maximum Gasteiger partial charge on any atom is 0.338 e. The van der Waals surface area contributed by atoms with Gasteiger partial charge in [0.15, 0.2) is 0 Å². The number of hydrogen-bond donors (Lipinski definition) is 0. The second-order valence-corrected chi connectivity index (χ2v) is 5.66. The van der Waals surface area contributed by atoms with Gasteiger partial charge in [-0.3, -0.25) is 4.99 Å². The Bertz CT molecular complexity index is 930. The lowest BCUT2D eigenvalue weighted by Crippen LogP contribution is -2.03. The summed E-state index contributed by atoms with van der Waals surface area (Å²) in [7, 11) is 0. The van der Waals surface area contributed by atoms with Crippen molar-refractivity contribution in [3.05, 3.63) is 71.8 Å². The molecule has 0 spiro atoms. The van der Waals surface area contributed by atoms with Crippen molar-refractivity contribution in [2.24, 2.45) is 4.99 Å². The van der Waals surface area contributed by atoms with Gasteiger partial charge >= 0.3 is 5.97 Å². The Labute approximate surface area is 153 Å². The molecule has 0 radical (unpaired) electrons. The molecule has 0 N–H and O–H groups in total. The van der Waals surface area contributed by atoms with E-state index in [1.165, 1.54) is 0 Å². The molecule has 0 fully saturated rings. The van der Waals surface area contributed by atoms with Crippen LogP contribution in [0.1, 0.15) is 29.8 Å². The standard InChI is InChI=1S/C22H21NO3/c1-3-25-21-14-11-16-7-5-6-8-19(16)20(21)15-23-18-12-9-17(10-13-18)22(24)26-4-2/h5-15H,3-4H2,1-2H3/b23-15+. The molecule has 3 aromatic carbocycles. The zero-order chi connectivity index (χ0) is 18.4. The van der Waals surface area contributed by atoms with E-state index in [1.54, 1.807) is 31.2 Å². The van der Waals surface area contributed by atoms with Crippen LogP contribution in [0.3, 0.4) is 0 Å². The lowest BCUT2D eigenvalue weighted by molar-refractivity contribution is 0.0526. The number of benzene rings is 3. The summed E-state index contributed by atoms with van der Waals surface area (Å²) in [5.41, 5.74) is 2.22. The third kappa shape index (κ3) is 3.91. The minimum Gasteiger partial charge on any atom is -0.493 e. The van der Waals surface area contributed by atoms with Crippen molar-refractivity contribution >= 4 is 28.6 Å². The molecule has 0 heterocycles. The number of nitrogens with zero attached hydrogens (tertiary/aromatic N) is 1. The molecule has 26 heavy (non-hydrogen) atoms. The maximum absolute atomic E-state index is 11.7. The molecule has 3 aromatic rings. The summed E-state index contributed by atoms with van der Waals surface area (Å²) in [4.78, 5) is 16.3. The summed E-state index contributed by atoms with van der Waals surface area (Å²) >= 11 is 0. The van der Waals surface area contributed by atoms with Crippen LogP contribution < -0.4 is 4.74 Å². The molecule has 0 unspecified atom stereocenters. The lowest BCUT2D eigenvalue weighted by Gasteiger charge is -2.10. The van der Waals surface area contributed by atoms with Crippen molar-refractivity contribution in [2.75, 3.05) is 13.2 Å². The molecule has 0 atom stereocenters. The summed E-state index contributed by atoms with van der Waals surface area (Å²) in [5, 5.41) is 2.22. The Hall–Kier alpha value is -3.14. The molecule has 0 saturated carbocycles. The number of rotatable bonds is 6. The molecule has 0 aliphatic carbocycles. The van der Waals surface area contributed by atoms with Crippen molar-refractivity contribution in [1.82, 2.24) is 0 Å². The van der Waals surface area contributed by atoms with Gasteiger partial charge in [-0.2, -0.15) is 0 Å². The van der Waals surface area contributed by atoms with Gasteiger partial charge in [-0.1, -0.05) is 30.3 Å². The van der Waals surface area contributed by atoms with E-state index < -0.39 is 0 Å². The number of esters is 1. The van der Waals surface area contributed by atoms with Gasteiger partial charge in [0.05, 0.1) is 24.5 Å². The van der Waals surface area contributed by atoms with Crippen LogP contribution in [0, 0.1) is 0 Å². The number of carbonyl (C=O) groups is 1. The topological polar surface area (TPSA) is 47.9 Å². The molecule has 0 saturated heterocycles. The summed E-state index contributed by atoms with van der Waals surface area (Å²) in [6, 6.07) is 19.2. The zero-order valence-corrected chi connectivity index (χ0v) is 14.9. The summed E-state index contributed by atoms with van der Waals surface area (Å²) in [5.74, 6) is 0.480. The first-order chi connectivity index (χ1) is 12.7. The first kappa shape index (κ1) is 17.7. The van der Waals surface area contributed by atoms with Crippen LogP contribution in [0.5, 0.6) is 5.75 Å². The Morgan fingerprint density at radius 2 is 1.73 bits per heavy atom. The molecule has 3 rings (SSSR count). The van der Waals surface area contributed by atoms with E-state index >= 15 is 0 Å². The van der Waals surface area contributed by atoms with E-state index in [4.69, 9.17) is 9.47 Å². The van der Waals surface area contributed by atoms with Crippen molar-refractivity contribution in [3.8, 4) is 5.75 Å². The normalized spacial score (nSPS) is 11.0. The number of aliphatic imine (C=N–C) groups is 1. The van der Waals surface area contributed by atoms with Crippen LogP contribution in [0.15, 0.2) is 65.7 Å². The van der Waals surface area contributed by atoms with Gasteiger partial charge in [0.2, 0.25) is 0 Å². The van der Waals surface area contributed by atoms with Crippen LogP contribution in [-0.2, 0) is 4.74 Å². The monoisotopic (exact) mass is 347 g/mol. The molecule has 132 valence electrons. The lowest BCUT2D eigenvalue weighted by atomic mass is 10.0. The fourth-order valence-electron chi connectivity index (χ4n) is 2.73. The SMILES string of the molecule is CCOC(=O)c1ccc(/N=C/c2c(OCC)ccc3ccccc23)cc1. The molecule has 0 aromatic heterocycles.